The predicted octanol–water partition coefficient (Wildman–Crippen LogP) is 5.31. The largest absolute Gasteiger partial charge is 0.361 e. The minimum Gasteiger partial charge on any atom is -0.361 e. The van der Waals surface area contributed by atoms with Crippen LogP contribution >= 0.6 is 23.4 Å². The van der Waals surface area contributed by atoms with Crippen molar-refractivity contribution < 1.29 is 4.79 Å². The maximum absolute atomic E-state index is 12.4. The molecule has 34 heavy (non-hydrogen) atoms. The van der Waals surface area contributed by atoms with Gasteiger partial charge < -0.3 is 4.98 Å². The third-order valence-electron chi connectivity index (χ3n) is 5.10. The van der Waals surface area contributed by atoms with E-state index >= 15 is 0 Å². The summed E-state index contributed by atoms with van der Waals surface area (Å²) in [7, 11) is 0. The zero-order valence-electron chi connectivity index (χ0n) is 17.9. The second kappa shape index (κ2) is 9.94. The Kier molecular flexibility index (Phi) is 6.42. The Morgan fingerprint density at radius 3 is 2.62 bits per heavy atom. The SMILES string of the molecule is O=C(CSc1nnc(-c2ccc(Cl)cc2)n1-c1ccccc1)N/N=C/c1c[nH]c2ccccc12. The summed E-state index contributed by atoms with van der Waals surface area (Å²) in [6, 6.07) is 25.1. The highest BCUT2D eigenvalue weighted by molar-refractivity contribution is 7.99. The van der Waals surface area contributed by atoms with Crippen LogP contribution in [-0.4, -0.2) is 37.6 Å². The van der Waals surface area contributed by atoms with Gasteiger partial charge in [-0.05, 0) is 42.5 Å². The molecule has 0 aliphatic heterocycles. The van der Waals surface area contributed by atoms with E-state index in [0.717, 1.165) is 27.7 Å². The Balaban J connectivity index is 1.31. The summed E-state index contributed by atoms with van der Waals surface area (Å²) in [5.74, 6) is 0.566. The number of aromatic nitrogens is 4. The Morgan fingerprint density at radius 1 is 1.03 bits per heavy atom. The zero-order valence-corrected chi connectivity index (χ0v) is 19.4. The monoisotopic (exact) mass is 486 g/mol. The molecule has 5 rings (SSSR count). The first-order valence-corrected chi connectivity index (χ1v) is 11.8. The maximum atomic E-state index is 12.4. The fraction of sp³-hybridized carbons (Fsp3) is 0.0400. The number of hydrogen-bond acceptors (Lipinski definition) is 5. The molecule has 0 atom stereocenters. The van der Waals surface area contributed by atoms with Gasteiger partial charge in [-0.25, -0.2) is 5.43 Å². The average Bonchev–Trinajstić information content (AvgIpc) is 3.48. The van der Waals surface area contributed by atoms with Crippen LogP contribution in [0.25, 0.3) is 28.0 Å². The number of halogens is 1. The number of nitrogens with zero attached hydrogens (tertiary/aromatic N) is 4. The van der Waals surface area contributed by atoms with E-state index in [0.29, 0.717) is 16.0 Å². The highest BCUT2D eigenvalue weighted by atomic mass is 35.5. The Bertz CT molecular complexity index is 1460. The molecule has 9 heteroatoms. The Morgan fingerprint density at radius 2 is 1.79 bits per heavy atom. The van der Waals surface area contributed by atoms with Crippen molar-refractivity contribution in [2.24, 2.45) is 5.10 Å². The van der Waals surface area contributed by atoms with Crippen LogP contribution in [0.5, 0.6) is 0 Å². The lowest BCUT2D eigenvalue weighted by atomic mass is 10.2. The van der Waals surface area contributed by atoms with Gasteiger partial charge >= 0.3 is 0 Å². The van der Waals surface area contributed by atoms with Crippen molar-refractivity contribution in [2.45, 2.75) is 5.16 Å². The van der Waals surface area contributed by atoms with Crippen LogP contribution < -0.4 is 5.43 Å². The average molecular weight is 487 g/mol. The first kappa shape index (κ1) is 21.9. The van der Waals surface area contributed by atoms with Crippen molar-refractivity contribution in [1.82, 2.24) is 25.2 Å². The van der Waals surface area contributed by atoms with Crippen LogP contribution in [0, 0.1) is 0 Å². The van der Waals surface area contributed by atoms with E-state index in [1.807, 2.05) is 89.6 Å². The van der Waals surface area contributed by atoms with E-state index in [-0.39, 0.29) is 11.7 Å². The van der Waals surface area contributed by atoms with Crippen molar-refractivity contribution >= 4 is 46.4 Å². The van der Waals surface area contributed by atoms with E-state index in [1.54, 1.807) is 6.21 Å². The van der Waals surface area contributed by atoms with Gasteiger partial charge in [0.1, 0.15) is 0 Å². The number of aromatic amines is 1. The molecule has 0 aliphatic rings. The smallest absolute Gasteiger partial charge is 0.250 e. The van der Waals surface area contributed by atoms with Gasteiger partial charge in [-0.3, -0.25) is 9.36 Å². The summed E-state index contributed by atoms with van der Waals surface area (Å²) in [4.78, 5) is 15.6. The van der Waals surface area contributed by atoms with E-state index in [1.165, 1.54) is 11.8 Å². The number of hydrogen-bond donors (Lipinski definition) is 2. The molecule has 1 amide bonds. The molecule has 3 aromatic carbocycles. The van der Waals surface area contributed by atoms with Crippen molar-refractivity contribution in [3.63, 3.8) is 0 Å². The number of nitrogens with one attached hydrogen (secondary N) is 2. The fourth-order valence-corrected chi connectivity index (χ4v) is 4.37. The molecule has 0 bridgehead atoms. The van der Waals surface area contributed by atoms with E-state index in [2.05, 4.69) is 25.7 Å². The number of benzene rings is 3. The van der Waals surface area contributed by atoms with Crippen LogP contribution in [0.1, 0.15) is 5.56 Å². The normalized spacial score (nSPS) is 11.3. The molecular weight excluding hydrogens is 468 g/mol. The third-order valence-corrected chi connectivity index (χ3v) is 6.28. The lowest BCUT2D eigenvalue weighted by Crippen LogP contribution is -2.20. The molecular formula is C25H19ClN6OS. The number of para-hydroxylation sites is 2. The van der Waals surface area contributed by atoms with Gasteiger partial charge in [0.15, 0.2) is 11.0 Å². The van der Waals surface area contributed by atoms with Crippen LogP contribution in [0.15, 0.2) is 95.3 Å². The number of fused-ring (bicyclic) bond motifs is 1. The van der Waals surface area contributed by atoms with Crippen molar-refractivity contribution in [2.75, 3.05) is 5.75 Å². The third kappa shape index (κ3) is 4.73. The number of H-pyrrole nitrogens is 1. The van der Waals surface area contributed by atoms with Gasteiger partial charge in [-0.15, -0.1) is 10.2 Å². The first-order valence-electron chi connectivity index (χ1n) is 10.5. The summed E-state index contributed by atoms with van der Waals surface area (Å²) in [5.41, 5.74) is 6.28. The van der Waals surface area contributed by atoms with Gasteiger partial charge in [0.2, 0.25) is 0 Å². The Labute approximate surface area is 204 Å². The second-order valence-electron chi connectivity index (χ2n) is 7.36. The number of rotatable bonds is 7. The molecule has 0 aliphatic carbocycles. The van der Waals surface area contributed by atoms with Crippen molar-refractivity contribution in [1.29, 1.82) is 0 Å². The molecule has 2 N–H and O–H groups in total. The highest BCUT2D eigenvalue weighted by Crippen LogP contribution is 2.28. The number of carbonyl (C=O) groups is 1. The van der Waals surface area contributed by atoms with E-state index in [4.69, 9.17) is 11.6 Å². The molecule has 0 unspecified atom stereocenters. The minimum absolute atomic E-state index is 0.136. The summed E-state index contributed by atoms with van der Waals surface area (Å²) in [6.45, 7) is 0. The maximum Gasteiger partial charge on any atom is 0.250 e. The van der Waals surface area contributed by atoms with Gasteiger partial charge in [0.05, 0.1) is 12.0 Å². The molecule has 0 saturated heterocycles. The predicted molar refractivity (Wildman–Crippen MR) is 137 cm³/mol. The number of carbonyl (C=O) groups excluding carboxylic acids is 1. The topological polar surface area (TPSA) is 88.0 Å². The van der Waals surface area contributed by atoms with Crippen LogP contribution in [0.3, 0.4) is 0 Å². The Hall–Kier alpha value is -3.88. The molecule has 5 aromatic rings. The van der Waals surface area contributed by atoms with Gasteiger partial charge in [0.25, 0.3) is 5.91 Å². The summed E-state index contributed by atoms with van der Waals surface area (Å²) >= 11 is 7.33. The highest BCUT2D eigenvalue weighted by Gasteiger charge is 2.17. The first-order chi connectivity index (χ1) is 16.7. The zero-order chi connectivity index (χ0) is 23.3. The molecule has 2 aromatic heterocycles. The standard InChI is InChI=1S/C25H19ClN6OS/c26-19-12-10-17(11-13-19)24-30-31-25(32(24)20-6-2-1-3-7-20)34-16-23(33)29-28-15-18-14-27-22-9-5-4-8-21(18)22/h1-15,27H,16H2,(H,29,33)/b28-15+. The van der Waals surface area contributed by atoms with Crippen molar-refractivity contribution in [3.8, 4) is 17.1 Å². The molecule has 2 heterocycles. The fourth-order valence-electron chi connectivity index (χ4n) is 3.50. The number of hydrazone groups is 1. The van der Waals surface area contributed by atoms with E-state index in [9.17, 15) is 4.79 Å². The van der Waals surface area contributed by atoms with Gasteiger partial charge in [-0.2, -0.15) is 5.10 Å². The van der Waals surface area contributed by atoms with Crippen LogP contribution in [0.4, 0.5) is 0 Å². The molecule has 0 spiro atoms. The summed E-state index contributed by atoms with van der Waals surface area (Å²) in [5, 5.41) is 15.1. The summed E-state index contributed by atoms with van der Waals surface area (Å²) in [6.07, 6.45) is 3.49. The lowest BCUT2D eigenvalue weighted by molar-refractivity contribution is -0.118. The molecule has 168 valence electrons. The number of thioether (sulfide) groups is 1. The number of amides is 1. The van der Waals surface area contributed by atoms with Gasteiger partial charge in [0, 0.05) is 38.9 Å². The lowest BCUT2D eigenvalue weighted by Gasteiger charge is -2.10. The molecule has 0 fully saturated rings. The molecule has 7 nitrogen and oxygen atoms in total. The van der Waals surface area contributed by atoms with Crippen LogP contribution in [-0.2, 0) is 4.79 Å². The molecule has 0 radical (unpaired) electrons. The summed E-state index contributed by atoms with van der Waals surface area (Å²) < 4.78 is 1.93. The van der Waals surface area contributed by atoms with Crippen molar-refractivity contribution in [3.05, 3.63) is 95.6 Å². The van der Waals surface area contributed by atoms with Gasteiger partial charge in [-0.1, -0.05) is 59.8 Å². The second-order valence-corrected chi connectivity index (χ2v) is 8.73. The minimum atomic E-state index is -0.239. The molecule has 0 saturated carbocycles. The quantitative estimate of drug-likeness (QED) is 0.185. The van der Waals surface area contributed by atoms with Crippen LogP contribution in [0.2, 0.25) is 5.02 Å². The van der Waals surface area contributed by atoms with E-state index < -0.39 is 0 Å².